The van der Waals surface area contributed by atoms with Gasteiger partial charge in [0.05, 0.1) is 11.8 Å². The molecule has 4 heteroatoms. The van der Waals surface area contributed by atoms with Crippen molar-refractivity contribution in [2.45, 2.75) is 39.3 Å². The predicted octanol–water partition coefficient (Wildman–Crippen LogP) is 3.16. The largest absolute Gasteiger partial charge is 0.331 e. The summed E-state index contributed by atoms with van der Waals surface area (Å²) < 4.78 is 0. The Bertz CT molecular complexity index is 616. The van der Waals surface area contributed by atoms with E-state index in [0.29, 0.717) is 18.0 Å². The number of rotatable bonds is 5. The number of amides is 1. The second-order valence-electron chi connectivity index (χ2n) is 5.91. The Morgan fingerprint density at radius 3 is 2.67 bits per heavy atom. The summed E-state index contributed by atoms with van der Waals surface area (Å²) in [7, 11) is 0. The molecule has 0 bridgehead atoms. The van der Waals surface area contributed by atoms with Gasteiger partial charge in [0.25, 0.3) is 5.91 Å². The monoisotopic (exact) mass is 283 g/mol. The number of benzene rings is 1. The van der Waals surface area contributed by atoms with E-state index in [-0.39, 0.29) is 11.9 Å². The van der Waals surface area contributed by atoms with Crippen LogP contribution in [0.3, 0.4) is 0 Å². The first kappa shape index (κ1) is 13.9. The van der Waals surface area contributed by atoms with Crippen molar-refractivity contribution in [3.05, 3.63) is 53.3 Å². The maximum atomic E-state index is 12.9. The van der Waals surface area contributed by atoms with Crippen molar-refractivity contribution < 1.29 is 4.79 Å². The molecule has 1 aromatic heterocycles. The Morgan fingerprint density at radius 1 is 1.38 bits per heavy atom. The van der Waals surface area contributed by atoms with Crippen LogP contribution in [0, 0.1) is 12.8 Å². The van der Waals surface area contributed by atoms with Gasteiger partial charge in [-0.3, -0.25) is 9.89 Å². The quantitative estimate of drug-likeness (QED) is 0.916. The van der Waals surface area contributed by atoms with Crippen molar-refractivity contribution in [2.75, 3.05) is 0 Å². The number of nitrogens with one attached hydrogen (secondary N) is 1. The lowest BCUT2D eigenvalue weighted by atomic mass is 10.1. The molecule has 1 fully saturated rings. The van der Waals surface area contributed by atoms with Crippen molar-refractivity contribution in [1.82, 2.24) is 15.1 Å². The van der Waals surface area contributed by atoms with E-state index in [1.54, 1.807) is 6.20 Å². The Hall–Kier alpha value is -2.10. The number of aromatic amines is 1. The van der Waals surface area contributed by atoms with E-state index in [1.807, 2.05) is 30.0 Å². The molecule has 1 aliphatic carbocycles. The highest BCUT2D eigenvalue weighted by atomic mass is 16.2. The van der Waals surface area contributed by atoms with Gasteiger partial charge in [-0.2, -0.15) is 5.10 Å². The molecule has 1 saturated carbocycles. The number of carbonyl (C=O) groups excluding carboxylic acids is 1. The second-order valence-corrected chi connectivity index (χ2v) is 5.91. The van der Waals surface area contributed by atoms with Crippen molar-refractivity contribution in [1.29, 1.82) is 0 Å². The number of hydrogen-bond donors (Lipinski definition) is 1. The molecule has 1 amide bonds. The normalized spacial score (nSPS) is 15.7. The van der Waals surface area contributed by atoms with E-state index >= 15 is 0 Å². The van der Waals surface area contributed by atoms with Crippen LogP contribution in [0.4, 0.5) is 0 Å². The van der Waals surface area contributed by atoms with Gasteiger partial charge in [-0.05, 0) is 38.2 Å². The molecule has 0 radical (unpaired) electrons. The molecule has 1 unspecified atom stereocenters. The molecule has 1 aromatic carbocycles. The van der Waals surface area contributed by atoms with Gasteiger partial charge in [-0.15, -0.1) is 0 Å². The molecule has 0 aliphatic heterocycles. The van der Waals surface area contributed by atoms with E-state index in [9.17, 15) is 4.79 Å². The number of H-pyrrole nitrogens is 1. The minimum Gasteiger partial charge on any atom is -0.331 e. The van der Waals surface area contributed by atoms with Gasteiger partial charge in [-0.25, -0.2) is 0 Å². The van der Waals surface area contributed by atoms with Crippen molar-refractivity contribution in [3.63, 3.8) is 0 Å². The molecule has 3 rings (SSSR count). The standard InChI is InChI=1S/C17H21N3O/c1-12-16(10-18-19-12)17(21)20(13(2)15-8-9-15)11-14-6-4-3-5-7-14/h3-7,10,13,15H,8-9,11H2,1-2H3,(H,18,19). The number of hydrogen-bond acceptors (Lipinski definition) is 2. The fraction of sp³-hybridized carbons (Fsp3) is 0.412. The van der Waals surface area contributed by atoms with E-state index < -0.39 is 0 Å². The molecule has 1 N–H and O–H groups in total. The van der Waals surface area contributed by atoms with Crippen LogP contribution in [0.25, 0.3) is 0 Å². The fourth-order valence-electron chi connectivity index (χ4n) is 2.74. The lowest BCUT2D eigenvalue weighted by molar-refractivity contribution is 0.0653. The van der Waals surface area contributed by atoms with Crippen LogP contribution in [0.15, 0.2) is 36.5 Å². The van der Waals surface area contributed by atoms with Gasteiger partial charge in [-0.1, -0.05) is 30.3 Å². The average molecular weight is 283 g/mol. The summed E-state index contributed by atoms with van der Waals surface area (Å²) in [5.41, 5.74) is 2.68. The molecular weight excluding hydrogens is 262 g/mol. The number of nitrogens with zero attached hydrogens (tertiary/aromatic N) is 2. The third-order valence-corrected chi connectivity index (χ3v) is 4.31. The summed E-state index contributed by atoms with van der Waals surface area (Å²) in [6.45, 7) is 4.71. The molecule has 4 nitrogen and oxygen atoms in total. The fourth-order valence-corrected chi connectivity index (χ4v) is 2.74. The second kappa shape index (κ2) is 5.72. The highest BCUT2D eigenvalue weighted by Crippen LogP contribution is 2.36. The van der Waals surface area contributed by atoms with E-state index in [0.717, 1.165) is 5.69 Å². The first-order chi connectivity index (χ1) is 10.2. The van der Waals surface area contributed by atoms with Gasteiger partial charge >= 0.3 is 0 Å². The van der Waals surface area contributed by atoms with Crippen molar-refractivity contribution >= 4 is 5.91 Å². The summed E-state index contributed by atoms with van der Waals surface area (Å²) in [5, 5.41) is 6.83. The molecule has 0 saturated heterocycles. The maximum Gasteiger partial charge on any atom is 0.257 e. The zero-order valence-electron chi connectivity index (χ0n) is 12.5. The number of aromatic nitrogens is 2. The Morgan fingerprint density at radius 2 is 2.10 bits per heavy atom. The van der Waals surface area contributed by atoms with E-state index in [4.69, 9.17) is 0 Å². The van der Waals surface area contributed by atoms with Crippen LogP contribution in [-0.4, -0.2) is 27.0 Å². The van der Waals surface area contributed by atoms with Gasteiger partial charge < -0.3 is 4.90 Å². The van der Waals surface area contributed by atoms with Crippen LogP contribution in [0.2, 0.25) is 0 Å². The van der Waals surface area contributed by atoms with Crippen LogP contribution in [0.1, 0.15) is 41.4 Å². The highest BCUT2D eigenvalue weighted by Gasteiger charge is 2.35. The molecule has 110 valence electrons. The SMILES string of the molecule is Cc1[nH]ncc1C(=O)N(Cc1ccccc1)C(C)C1CC1. The minimum atomic E-state index is 0.0736. The minimum absolute atomic E-state index is 0.0736. The van der Waals surface area contributed by atoms with E-state index in [1.165, 1.54) is 18.4 Å². The van der Waals surface area contributed by atoms with Crippen LogP contribution in [-0.2, 0) is 6.54 Å². The van der Waals surface area contributed by atoms with Gasteiger partial charge in [0.15, 0.2) is 0 Å². The van der Waals surface area contributed by atoms with Gasteiger partial charge in [0.2, 0.25) is 0 Å². The van der Waals surface area contributed by atoms with Gasteiger partial charge in [0, 0.05) is 18.3 Å². The summed E-state index contributed by atoms with van der Waals surface area (Å²) in [5.74, 6) is 0.717. The highest BCUT2D eigenvalue weighted by molar-refractivity contribution is 5.95. The zero-order valence-corrected chi connectivity index (χ0v) is 12.5. The summed E-state index contributed by atoms with van der Waals surface area (Å²) >= 11 is 0. The third-order valence-electron chi connectivity index (χ3n) is 4.31. The Balaban J connectivity index is 1.85. The average Bonchev–Trinajstić information content (AvgIpc) is 3.26. The summed E-state index contributed by atoms with van der Waals surface area (Å²) in [4.78, 5) is 14.9. The smallest absolute Gasteiger partial charge is 0.257 e. The molecule has 1 aliphatic rings. The van der Waals surface area contributed by atoms with Crippen molar-refractivity contribution in [3.8, 4) is 0 Å². The van der Waals surface area contributed by atoms with Crippen molar-refractivity contribution in [2.24, 2.45) is 5.92 Å². The molecule has 0 spiro atoms. The lowest BCUT2D eigenvalue weighted by Gasteiger charge is -2.29. The predicted molar refractivity (Wildman–Crippen MR) is 81.8 cm³/mol. The Labute approximate surface area is 125 Å². The summed E-state index contributed by atoms with van der Waals surface area (Å²) in [6.07, 6.45) is 4.09. The van der Waals surface area contributed by atoms with Crippen LogP contribution >= 0.6 is 0 Å². The third kappa shape index (κ3) is 2.99. The van der Waals surface area contributed by atoms with Gasteiger partial charge in [0.1, 0.15) is 0 Å². The number of carbonyl (C=O) groups is 1. The maximum absolute atomic E-state index is 12.9. The molecule has 2 aromatic rings. The number of aryl methyl sites for hydroxylation is 1. The summed E-state index contributed by atoms with van der Waals surface area (Å²) in [6, 6.07) is 10.4. The molecule has 1 atom stereocenters. The zero-order chi connectivity index (χ0) is 14.8. The molecular formula is C17H21N3O. The topological polar surface area (TPSA) is 49.0 Å². The lowest BCUT2D eigenvalue weighted by Crippen LogP contribution is -2.39. The Kier molecular flexibility index (Phi) is 3.78. The first-order valence-corrected chi connectivity index (χ1v) is 7.51. The van der Waals surface area contributed by atoms with E-state index in [2.05, 4.69) is 29.3 Å². The first-order valence-electron chi connectivity index (χ1n) is 7.51. The molecule has 1 heterocycles. The van der Waals surface area contributed by atoms with Crippen LogP contribution in [0.5, 0.6) is 0 Å². The van der Waals surface area contributed by atoms with Crippen LogP contribution < -0.4 is 0 Å². The molecule has 21 heavy (non-hydrogen) atoms.